The first-order valence-electron chi connectivity index (χ1n) is 9.35. The van der Waals surface area contributed by atoms with Crippen molar-refractivity contribution < 1.29 is 15.3 Å². The van der Waals surface area contributed by atoms with Crippen LogP contribution in [0.1, 0.15) is 22.9 Å². The summed E-state index contributed by atoms with van der Waals surface area (Å²) in [5.41, 5.74) is 1.74. The van der Waals surface area contributed by atoms with Gasteiger partial charge in [-0.15, -0.1) is 0 Å². The molecule has 3 aromatic rings. The third kappa shape index (κ3) is 4.88. The van der Waals surface area contributed by atoms with Crippen LogP contribution in [0.3, 0.4) is 0 Å². The molecule has 3 rings (SSSR count). The number of para-hydroxylation sites is 3. The molecule has 0 aliphatic heterocycles. The number of phenols is 3. The Morgan fingerprint density at radius 2 is 1.03 bits per heavy atom. The third-order valence-electron chi connectivity index (χ3n) is 4.55. The van der Waals surface area contributed by atoms with Gasteiger partial charge in [0.25, 0.3) is 0 Å². The van der Waals surface area contributed by atoms with Crippen LogP contribution in [0.4, 0.5) is 0 Å². The maximum absolute atomic E-state index is 10.4. The number of benzene rings is 3. The van der Waals surface area contributed by atoms with Crippen LogP contribution in [-0.4, -0.2) is 51.9 Å². The summed E-state index contributed by atoms with van der Waals surface area (Å²) in [5, 5.41) is 42.5. The zero-order chi connectivity index (χ0) is 21.5. The number of hydrogen-bond donors (Lipinski definition) is 3. The quantitative estimate of drug-likeness (QED) is 0.317. The van der Waals surface area contributed by atoms with Crippen LogP contribution in [0.25, 0.3) is 0 Å². The molecule has 0 saturated heterocycles. The summed E-state index contributed by atoms with van der Waals surface area (Å²) < 4.78 is 0. The van der Waals surface area contributed by atoms with Gasteiger partial charge in [-0.25, -0.2) is 0 Å². The molecular formula is C23H24N4O3. The molecule has 0 unspecified atom stereocenters. The van der Waals surface area contributed by atoms with Gasteiger partial charge in [0.2, 0.25) is 0 Å². The Labute approximate surface area is 175 Å². The molecule has 0 heterocycles. The van der Waals surface area contributed by atoms with E-state index in [0.29, 0.717) is 16.7 Å². The molecule has 0 amide bonds. The summed E-state index contributed by atoms with van der Waals surface area (Å²) >= 11 is 0. The maximum Gasteiger partial charge on any atom is 0.162 e. The monoisotopic (exact) mass is 404 g/mol. The van der Waals surface area contributed by atoms with E-state index in [9.17, 15) is 15.3 Å². The molecule has 0 spiro atoms. The highest BCUT2D eigenvalue weighted by atomic mass is 16.3. The van der Waals surface area contributed by atoms with Gasteiger partial charge < -0.3 is 15.3 Å². The van der Waals surface area contributed by atoms with Crippen molar-refractivity contribution >= 4 is 12.4 Å². The zero-order valence-corrected chi connectivity index (χ0v) is 16.8. The van der Waals surface area contributed by atoms with Gasteiger partial charge in [-0.1, -0.05) is 42.5 Å². The fraction of sp³-hybridized carbons (Fsp3) is 0.130. The highest BCUT2D eigenvalue weighted by Gasteiger charge is 2.23. The molecule has 154 valence electrons. The molecule has 7 heteroatoms. The summed E-state index contributed by atoms with van der Waals surface area (Å²) in [6.07, 6.45) is 2.54. The maximum atomic E-state index is 10.4. The van der Waals surface area contributed by atoms with E-state index in [1.807, 2.05) is 18.2 Å². The lowest BCUT2D eigenvalue weighted by molar-refractivity contribution is 0.0873. The van der Waals surface area contributed by atoms with E-state index >= 15 is 0 Å². The van der Waals surface area contributed by atoms with Gasteiger partial charge in [0.05, 0.1) is 12.4 Å². The van der Waals surface area contributed by atoms with Gasteiger partial charge in [-0.05, 0) is 30.3 Å². The second-order valence-corrected chi connectivity index (χ2v) is 6.69. The average Bonchev–Trinajstić information content (AvgIpc) is 2.74. The lowest BCUT2D eigenvalue weighted by Crippen LogP contribution is -2.32. The second kappa shape index (κ2) is 9.47. The van der Waals surface area contributed by atoms with E-state index in [4.69, 9.17) is 0 Å². The predicted molar refractivity (Wildman–Crippen MR) is 118 cm³/mol. The van der Waals surface area contributed by atoms with E-state index < -0.39 is 6.17 Å². The van der Waals surface area contributed by atoms with Gasteiger partial charge >= 0.3 is 0 Å². The second-order valence-electron chi connectivity index (χ2n) is 6.69. The standard InChI is InChI=1S/C23H24N4O3/c1-26(24-15-17-9-3-6-12-20(17)28)23(19-11-5-8-14-22(19)30)27(2)25-16-18-10-4-7-13-21(18)29/h3-16,23,28-30H,1-2H3/b24-15+,25-16+. The number of aromatic hydroxyl groups is 3. The largest absolute Gasteiger partial charge is 0.508 e. The van der Waals surface area contributed by atoms with Gasteiger partial charge in [0.15, 0.2) is 6.17 Å². The minimum atomic E-state index is -0.546. The van der Waals surface area contributed by atoms with E-state index in [1.54, 1.807) is 91.1 Å². The van der Waals surface area contributed by atoms with Crippen molar-refractivity contribution in [1.29, 1.82) is 0 Å². The van der Waals surface area contributed by atoms with E-state index in [0.717, 1.165) is 0 Å². The fourth-order valence-electron chi connectivity index (χ4n) is 2.98. The molecule has 30 heavy (non-hydrogen) atoms. The molecular weight excluding hydrogens is 380 g/mol. The lowest BCUT2D eigenvalue weighted by atomic mass is 10.1. The molecule has 3 aromatic carbocycles. The van der Waals surface area contributed by atoms with Crippen molar-refractivity contribution in [2.24, 2.45) is 10.2 Å². The third-order valence-corrected chi connectivity index (χ3v) is 4.55. The van der Waals surface area contributed by atoms with Crippen LogP contribution in [-0.2, 0) is 0 Å². The van der Waals surface area contributed by atoms with Crippen molar-refractivity contribution in [3.8, 4) is 17.2 Å². The molecule has 0 aromatic heterocycles. The van der Waals surface area contributed by atoms with E-state index in [1.165, 1.54) is 0 Å². The van der Waals surface area contributed by atoms with E-state index in [2.05, 4.69) is 10.2 Å². The molecule has 0 saturated carbocycles. The Hall–Kier alpha value is -4.00. The van der Waals surface area contributed by atoms with Crippen molar-refractivity contribution in [2.45, 2.75) is 6.17 Å². The molecule has 0 aliphatic carbocycles. The minimum absolute atomic E-state index is 0.108. The summed E-state index contributed by atoms with van der Waals surface area (Å²) in [6, 6.07) is 20.7. The summed E-state index contributed by atoms with van der Waals surface area (Å²) in [7, 11) is 3.50. The smallest absolute Gasteiger partial charge is 0.162 e. The zero-order valence-electron chi connectivity index (χ0n) is 16.8. The molecule has 0 bridgehead atoms. The first-order valence-corrected chi connectivity index (χ1v) is 9.35. The minimum Gasteiger partial charge on any atom is -0.508 e. The van der Waals surface area contributed by atoms with Gasteiger partial charge in [0, 0.05) is 30.8 Å². The highest BCUT2D eigenvalue weighted by Crippen LogP contribution is 2.30. The first-order chi connectivity index (χ1) is 14.5. The number of hydrazone groups is 2. The molecule has 0 atom stereocenters. The number of nitrogens with zero attached hydrogens (tertiary/aromatic N) is 4. The Kier molecular flexibility index (Phi) is 6.54. The van der Waals surface area contributed by atoms with Crippen LogP contribution in [0.15, 0.2) is 83.0 Å². The summed E-state index contributed by atoms with van der Waals surface area (Å²) in [4.78, 5) is 0. The molecule has 0 fully saturated rings. The number of phenolic OH excluding ortho intramolecular Hbond substituents is 3. The molecule has 0 radical (unpaired) electrons. The van der Waals surface area contributed by atoms with Crippen LogP contribution in [0, 0.1) is 0 Å². The lowest BCUT2D eigenvalue weighted by Gasteiger charge is -2.32. The fourth-order valence-corrected chi connectivity index (χ4v) is 2.98. The number of rotatable bonds is 7. The molecule has 3 N–H and O–H groups in total. The summed E-state index contributed by atoms with van der Waals surface area (Å²) in [6.45, 7) is 0. The first kappa shape index (κ1) is 20.7. The van der Waals surface area contributed by atoms with Crippen LogP contribution in [0.5, 0.6) is 17.2 Å². The highest BCUT2D eigenvalue weighted by molar-refractivity contribution is 5.83. The average molecular weight is 404 g/mol. The number of hydrogen-bond acceptors (Lipinski definition) is 7. The van der Waals surface area contributed by atoms with Gasteiger partial charge in [-0.3, -0.25) is 10.0 Å². The van der Waals surface area contributed by atoms with Crippen LogP contribution in [0.2, 0.25) is 0 Å². The Morgan fingerprint density at radius 1 is 0.633 bits per heavy atom. The van der Waals surface area contributed by atoms with Crippen molar-refractivity contribution in [1.82, 2.24) is 10.0 Å². The van der Waals surface area contributed by atoms with Gasteiger partial charge in [-0.2, -0.15) is 10.2 Å². The topological polar surface area (TPSA) is 91.9 Å². The van der Waals surface area contributed by atoms with Crippen LogP contribution < -0.4 is 0 Å². The van der Waals surface area contributed by atoms with Gasteiger partial charge in [0.1, 0.15) is 17.2 Å². The molecule has 0 aliphatic rings. The Morgan fingerprint density at radius 3 is 1.47 bits per heavy atom. The van der Waals surface area contributed by atoms with Crippen molar-refractivity contribution in [2.75, 3.05) is 14.1 Å². The predicted octanol–water partition coefficient (Wildman–Crippen LogP) is 3.73. The van der Waals surface area contributed by atoms with Crippen molar-refractivity contribution in [3.63, 3.8) is 0 Å². The summed E-state index contributed by atoms with van der Waals surface area (Å²) in [5.74, 6) is 0.357. The normalized spacial score (nSPS) is 11.4. The Balaban J connectivity index is 1.91. The SMILES string of the molecule is CN(/N=C/c1ccccc1O)C(c1ccccc1O)N(C)/N=C/c1ccccc1O. The Bertz CT molecular complexity index is 990. The van der Waals surface area contributed by atoms with Crippen LogP contribution >= 0.6 is 0 Å². The molecule has 7 nitrogen and oxygen atoms in total. The van der Waals surface area contributed by atoms with E-state index in [-0.39, 0.29) is 17.2 Å². The van der Waals surface area contributed by atoms with Crippen molar-refractivity contribution in [3.05, 3.63) is 89.5 Å².